The van der Waals surface area contributed by atoms with E-state index in [0.717, 1.165) is 19.3 Å². The third kappa shape index (κ3) is 4.83. The summed E-state index contributed by atoms with van der Waals surface area (Å²) in [6.07, 6.45) is 1.66. The molecule has 208 valence electrons. The first-order chi connectivity index (χ1) is 18.2. The Morgan fingerprint density at radius 3 is 2.55 bits per heavy atom. The smallest absolute Gasteiger partial charge is 0.333 e. The van der Waals surface area contributed by atoms with Crippen LogP contribution in [-0.2, 0) is 43.1 Å². The van der Waals surface area contributed by atoms with Crippen LogP contribution in [0.2, 0.25) is 0 Å². The largest absolute Gasteiger partial charge is 0.467 e. The van der Waals surface area contributed by atoms with Crippen molar-refractivity contribution in [3.63, 3.8) is 0 Å². The van der Waals surface area contributed by atoms with E-state index in [9.17, 15) is 14.4 Å². The average molecular weight is 532 g/mol. The molecule has 4 heterocycles. The standard InChI is InChI=1S/C28H37NO9/c1-16-10-11-20-17(2)25(35-26-28(20)19(16)14-15-27(3,36-26)37-38-28)34-22(31)13-12-21(30)29-23(24(32)33-4)18-8-6-5-7-9-18/h5-9,16-17,19-20,23,25-26H,10-15H2,1-4H3,(H,29,30)/t16-,17+,19-,20+,23+,25+,26-,27+,28-/m0/s1. The molecule has 10 heteroatoms. The Morgan fingerprint density at radius 2 is 1.82 bits per heavy atom. The molecule has 2 bridgehead atoms. The van der Waals surface area contributed by atoms with Crippen LogP contribution >= 0.6 is 0 Å². The Kier molecular flexibility index (Phi) is 7.52. The second kappa shape index (κ2) is 10.6. The lowest BCUT2D eigenvalue weighted by Gasteiger charge is -2.59. The Morgan fingerprint density at radius 1 is 1.05 bits per heavy atom. The number of carbonyl (C=O) groups excluding carboxylic acids is 3. The minimum atomic E-state index is -0.962. The van der Waals surface area contributed by atoms with Crippen molar-refractivity contribution < 1.29 is 43.1 Å². The fraction of sp³-hybridized carbons (Fsp3) is 0.679. The molecule has 10 nitrogen and oxygen atoms in total. The summed E-state index contributed by atoms with van der Waals surface area (Å²) < 4.78 is 23.1. The lowest BCUT2D eigenvalue weighted by atomic mass is 9.58. The van der Waals surface area contributed by atoms with Crippen LogP contribution < -0.4 is 5.32 Å². The number of hydrogen-bond donors (Lipinski definition) is 1. The summed E-state index contributed by atoms with van der Waals surface area (Å²) in [7, 11) is 1.26. The zero-order valence-corrected chi connectivity index (χ0v) is 22.3. The molecule has 5 fully saturated rings. The highest BCUT2D eigenvalue weighted by Crippen LogP contribution is 2.60. The van der Waals surface area contributed by atoms with Crippen molar-refractivity contribution >= 4 is 17.8 Å². The second-order valence-corrected chi connectivity index (χ2v) is 11.2. The van der Waals surface area contributed by atoms with E-state index in [4.69, 9.17) is 28.7 Å². The van der Waals surface area contributed by atoms with Gasteiger partial charge in [-0.1, -0.05) is 44.2 Å². The quantitative estimate of drug-likeness (QED) is 0.416. The van der Waals surface area contributed by atoms with E-state index in [1.807, 2.05) is 19.9 Å². The number of ether oxygens (including phenoxy) is 4. The van der Waals surface area contributed by atoms with Gasteiger partial charge in [0.2, 0.25) is 18.0 Å². The van der Waals surface area contributed by atoms with E-state index in [2.05, 4.69) is 12.2 Å². The monoisotopic (exact) mass is 531 g/mol. The minimum absolute atomic E-state index is 0.0258. The molecule has 38 heavy (non-hydrogen) atoms. The van der Waals surface area contributed by atoms with Gasteiger partial charge in [-0.25, -0.2) is 14.6 Å². The highest BCUT2D eigenvalue weighted by molar-refractivity contribution is 5.87. The average Bonchev–Trinajstić information content (AvgIpc) is 3.14. The van der Waals surface area contributed by atoms with Gasteiger partial charge >= 0.3 is 11.9 Å². The highest BCUT2D eigenvalue weighted by atomic mass is 17.3. The van der Waals surface area contributed by atoms with Gasteiger partial charge in [0, 0.05) is 24.7 Å². The molecule has 4 aliphatic heterocycles. The van der Waals surface area contributed by atoms with Gasteiger partial charge in [-0.05, 0) is 43.6 Å². The molecule has 6 rings (SSSR count). The van der Waals surface area contributed by atoms with Crippen molar-refractivity contribution in [2.45, 2.75) is 89.3 Å². The number of methoxy groups -OCH3 is 1. The molecule has 1 saturated carbocycles. The van der Waals surface area contributed by atoms with Crippen LogP contribution in [0.25, 0.3) is 0 Å². The van der Waals surface area contributed by atoms with Crippen molar-refractivity contribution in [1.29, 1.82) is 0 Å². The normalized spacial score (nSPS) is 38.3. The fourth-order valence-corrected chi connectivity index (χ4v) is 6.69. The predicted octanol–water partition coefficient (Wildman–Crippen LogP) is 3.55. The van der Waals surface area contributed by atoms with Gasteiger partial charge in [0.25, 0.3) is 0 Å². The minimum Gasteiger partial charge on any atom is -0.467 e. The number of amides is 1. The summed E-state index contributed by atoms with van der Waals surface area (Å²) >= 11 is 0. The molecule has 0 radical (unpaired) electrons. The van der Waals surface area contributed by atoms with Gasteiger partial charge in [-0.15, -0.1) is 0 Å². The fourth-order valence-electron chi connectivity index (χ4n) is 6.69. The van der Waals surface area contributed by atoms with E-state index < -0.39 is 47.9 Å². The number of hydrogen-bond acceptors (Lipinski definition) is 9. The summed E-state index contributed by atoms with van der Waals surface area (Å²) in [6.45, 7) is 6.08. The highest BCUT2D eigenvalue weighted by Gasteiger charge is 2.69. The molecule has 1 aliphatic carbocycles. The van der Waals surface area contributed by atoms with Crippen LogP contribution in [0.5, 0.6) is 0 Å². The van der Waals surface area contributed by atoms with Gasteiger partial charge in [0.05, 0.1) is 13.5 Å². The first kappa shape index (κ1) is 27.1. The Bertz CT molecular complexity index is 1050. The van der Waals surface area contributed by atoms with Crippen LogP contribution in [0, 0.1) is 23.7 Å². The summed E-state index contributed by atoms with van der Waals surface area (Å²) in [6, 6.07) is 7.82. The zero-order chi connectivity index (χ0) is 27.1. The summed E-state index contributed by atoms with van der Waals surface area (Å²) in [4.78, 5) is 49.6. The maximum absolute atomic E-state index is 12.8. The summed E-state index contributed by atoms with van der Waals surface area (Å²) in [5.74, 6) is -2.03. The van der Waals surface area contributed by atoms with Crippen LogP contribution in [0.1, 0.15) is 70.9 Å². The number of esters is 2. The molecule has 4 saturated heterocycles. The van der Waals surface area contributed by atoms with Crippen LogP contribution in [0.15, 0.2) is 30.3 Å². The third-order valence-electron chi connectivity index (χ3n) is 8.78. The maximum atomic E-state index is 12.8. The number of fused-ring (bicyclic) bond motifs is 2. The number of nitrogens with one attached hydrogen (secondary N) is 1. The van der Waals surface area contributed by atoms with Crippen molar-refractivity contribution in [3.8, 4) is 0 Å². The molecule has 1 spiro atoms. The van der Waals surface area contributed by atoms with Gasteiger partial charge in [-0.3, -0.25) is 9.59 Å². The van der Waals surface area contributed by atoms with E-state index in [1.165, 1.54) is 7.11 Å². The number of benzene rings is 1. The number of carbonyl (C=O) groups is 3. The SMILES string of the molecule is COC(=O)[C@H](NC(=O)CCC(=O)O[C@@H]1O[C@H]2O[C@@]3(C)CC[C@H]4[C@@H](C)CC[C@H]([C@H]1C)[C@]24OO3)c1ccccc1. The maximum Gasteiger partial charge on any atom is 0.333 e. The molecule has 9 atom stereocenters. The van der Waals surface area contributed by atoms with Crippen molar-refractivity contribution in [2.75, 3.05) is 7.11 Å². The lowest BCUT2D eigenvalue weighted by molar-refractivity contribution is -0.576. The topological polar surface area (TPSA) is 119 Å². The van der Waals surface area contributed by atoms with Crippen molar-refractivity contribution in [2.24, 2.45) is 23.7 Å². The number of rotatable bonds is 7. The predicted molar refractivity (Wildman–Crippen MR) is 131 cm³/mol. The lowest BCUT2D eigenvalue weighted by Crippen LogP contribution is -2.70. The molecule has 1 aromatic carbocycles. The first-order valence-electron chi connectivity index (χ1n) is 13.5. The second-order valence-electron chi connectivity index (χ2n) is 11.2. The van der Waals surface area contributed by atoms with Crippen LogP contribution in [0.3, 0.4) is 0 Å². The molecule has 1 amide bonds. The molecule has 1 aromatic rings. The Labute approximate surface area is 222 Å². The molecular formula is C28H37NO9. The van der Waals surface area contributed by atoms with Crippen LogP contribution in [0.4, 0.5) is 0 Å². The van der Waals surface area contributed by atoms with Gasteiger partial charge in [0.1, 0.15) is 0 Å². The molecular weight excluding hydrogens is 494 g/mol. The molecule has 0 aromatic heterocycles. The van der Waals surface area contributed by atoms with E-state index in [-0.39, 0.29) is 30.6 Å². The summed E-state index contributed by atoms with van der Waals surface area (Å²) in [5.41, 5.74) is -0.151. The molecule has 1 N–H and O–H groups in total. The van der Waals surface area contributed by atoms with E-state index in [0.29, 0.717) is 17.9 Å². The molecule has 5 aliphatic rings. The molecule has 0 unspecified atom stereocenters. The van der Waals surface area contributed by atoms with E-state index >= 15 is 0 Å². The van der Waals surface area contributed by atoms with E-state index in [1.54, 1.807) is 24.3 Å². The van der Waals surface area contributed by atoms with Gasteiger partial charge in [0.15, 0.2) is 17.9 Å². The van der Waals surface area contributed by atoms with Crippen molar-refractivity contribution in [1.82, 2.24) is 5.32 Å². The van der Waals surface area contributed by atoms with Gasteiger partial charge in [-0.2, -0.15) is 0 Å². The summed E-state index contributed by atoms with van der Waals surface area (Å²) in [5, 5.41) is 2.65. The Hall–Kier alpha value is -2.53. The van der Waals surface area contributed by atoms with Gasteiger partial charge < -0.3 is 24.3 Å². The van der Waals surface area contributed by atoms with Crippen molar-refractivity contribution in [3.05, 3.63) is 35.9 Å². The first-order valence-corrected chi connectivity index (χ1v) is 13.5. The Balaban J connectivity index is 1.21. The zero-order valence-electron chi connectivity index (χ0n) is 22.3. The third-order valence-corrected chi connectivity index (χ3v) is 8.78. The van der Waals surface area contributed by atoms with Crippen LogP contribution in [-0.4, -0.2) is 48.9 Å².